The molecule has 1 aliphatic carbocycles. The molecule has 0 aliphatic heterocycles. The van der Waals surface area contributed by atoms with Crippen molar-refractivity contribution in [1.82, 2.24) is 0 Å². The quantitative estimate of drug-likeness (QED) is 0.103. The van der Waals surface area contributed by atoms with Gasteiger partial charge in [0.1, 0.15) is 0 Å². The molecule has 10 nitrogen and oxygen atoms in total. The third-order valence-electron chi connectivity index (χ3n) is 6.12. The Balaban J connectivity index is 1.79. The maximum absolute atomic E-state index is 15.0. The Morgan fingerprint density at radius 2 is 1.54 bits per heavy atom. The minimum Gasteiger partial charge on any atom is -0.550 e. The zero-order valence-corrected chi connectivity index (χ0v) is 21.4. The lowest BCUT2D eigenvalue weighted by atomic mass is 9.86. The van der Waals surface area contributed by atoms with Crippen LogP contribution in [0.1, 0.15) is 26.2 Å². The number of nitro groups is 1. The molecule has 0 saturated heterocycles. The monoisotopic (exact) mass is 581 g/mol. The molecule has 2 atom stereocenters. The van der Waals surface area contributed by atoms with Crippen LogP contribution in [0.3, 0.4) is 0 Å². The third-order valence-corrected chi connectivity index (χ3v) is 6.12. The Morgan fingerprint density at radius 3 is 2.05 bits per heavy atom. The summed E-state index contributed by atoms with van der Waals surface area (Å²) in [4.78, 5) is 34.5. The van der Waals surface area contributed by atoms with Crippen molar-refractivity contribution >= 4 is 34.7 Å². The van der Waals surface area contributed by atoms with Gasteiger partial charge in [0, 0.05) is 43.3 Å². The maximum Gasteiger partial charge on any atom is 0.307 e. The van der Waals surface area contributed by atoms with Crippen molar-refractivity contribution in [1.29, 1.82) is 0 Å². The van der Waals surface area contributed by atoms with Crippen molar-refractivity contribution in [2.24, 2.45) is 10.2 Å². The van der Waals surface area contributed by atoms with E-state index in [9.17, 15) is 42.4 Å². The summed E-state index contributed by atoms with van der Waals surface area (Å²) in [7, 11) is 0. The van der Waals surface area contributed by atoms with Crippen molar-refractivity contribution in [3.8, 4) is 0 Å². The van der Waals surface area contributed by atoms with E-state index in [2.05, 4.69) is 10.2 Å². The fourth-order valence-electron chi connectivity index (χ4n) is 3.91. The highest BCUT2D eigenvalue weighted by Gasteiger charge is 2.56. The van der Waals surface area contributed by atoms with Crippen LogP contribution in [0.5, 0.6) is 0 Å². The minimum atomic E-state index is -3.24. The number of carbonyl (C=O) groups is 2. The van der Waals surface area contributed by atoms with Crippen molar-refractivity contribution in [3.63, 3.8) is 0 Å². The highest BCUT2D eigenvalue weighted by molar-refractivity contribution is 5.76. The fraction of sp³-hybridized carbons (Fsp3) is 0.308. The number of non-ortho nitro benzene ring substituents is 1. The standard InChI is InChI=1S/C26H23F5N4O6/c1-2-34(17-7-3-15(4-8-17)32-33-16-5-9-18(10-6-16)35(39)40)14-13-26(41-20(38)12-11-19(36)37)24(30)22(28)21(27)23(29)25(26)31/h3-10,24H,2,11-14H2,1H3,(H,36,37)/p-1. The normalized spacial score (nSPS) is 19.0. The number of carboxylic acid groups (broad SMARTS) is 1. The van der Waals surface area contributed by atoms with E-state index in [4.69, 9.17) is 4.74 Å². The number of halogens is 5. The molecular weight excluding hydrogens is 559 g/mol. The van der Waals surface area contributed by atoms with Crippen molar-refractivity contribution in [2.75, 3.05) is 18.0 Å². The van der Waals surface area contributed by atoms with Gasteiger partial charge in [0.2, 0.25) is 11.8 Å². The minimum absolute atomic E-state index is 0.114. The first-order valence-electron chi connectivity index (χ1n) is 12.1. The molecule has 0 fully saturated rings. The molecule has 2 aromatic rings. The van der Waals surface area contributed by atoms with E-state index in [0.29, 0.717) is 17.1 Å². The summed E-state index contributed by atoms with van der Waals surface area (Å²) in [6.07, 6.45) is -5.91. The number of allylic oxidation sites excluding steroid dienone is 2. The first-order chi connectivity index (χ1) is 19.4. The molecule has 2 unspecified atom stereocenters. The molecule has 41 heavy (non-hydrogen) atoms. The molecule has 0 heterocycles. The second kappa shape index (κ2) is 13.1. The summed E-state index contributed by atoms with van der Waals surface area (Å²) < 4.78 is 76.9. The fourth-order valence-corrected chi connectivity index (χ4v) is 3.91. The highest BCUT2D eigenvalue weighted by Crippen LogP contribution is 2.46. The van der Waals surface area contributed by atoms with Crippen LogP contribution in [-0.4, -0.2) is 41.7 Å². The number of esters is 1. The van der Waals surface area contributed by atoms with Crippen LogP contribution in [0.4, 0.5) is 44.7 Å². The highest BCUT2D eigenvalue weighted by atomic mass is 19.2. The Hall–Kier alpha value is -4.69. The molecule has 218 valence electrons. The average Bonchev–Trinajstić information content (AvgIpc) is 2.96. The number of ether oxygens (including phenoxy) is 1. The summed E-state index contributed by atoms with van der Waals surface area (Å²) in [6.45, 7) is 1.52. The zero-order chi connectivity index (χ0) is 30.3. The maximum atomic E-state index is 15.0. The van der Waals surface area contributed by atoms with Gasteiger partial charge in [0.15, 0.2) is 23.3 Å². The molecule has 0 bridgehead atoms. The number of anilines is 1. The Labute approximate surface area is 229 Å². The van der Waals surface area contributed by atoms with Crippen molar-refractivity contribution in [2.45, 2.75) is 38.0 Å². The number of hydrogen-bond acceptors (Lipinski definition) is 9. The molecule has 3 rings (SSSR count). The predicted octanol–water partition coefficient (Wildman–Crippen LogP) is 5.69. The van der Waals surface area contributed by atoms with Gasteiger partial charge in [0.25, 0.3) is 5.69 Å². The molecular formula is C26H22F5N4O6-. The molecule has 15 heteroatoms. The molecule has 0 amide bonds. The second-order valence-electron chi connectivity index (χ2n) is 8.71. The number of hydrogen-bond donors (Lipinski definition) is 0. The topological polar surface area (TPSA) is 138 Å². The van der Waals surface area contributed by atoms with E-state index < -0.39 is 71.2 Å². The molecule has 0 aromatic heterocycles. The SMILES string of the molecule is CCN(CCC1(OC(=O)CCC(=O)[O-])C(F)=C(F)C(F)=C(F)C1F)c1ccc(N=Nc2ccc([N+](=O)[O-])cc2)cc1. The zero-order valence-electron chi connectivity index (χ0n) is 21.4. The van der Waals surface area contributed by atoms with Gasteiger partial charge >= 0.3 is 5.97 Å². The van der Waals surface area contributed by atoms with Crippen LogP contribution in [-0.2, 0) is 14.3 Å². The number of azo groups is 1. The number of alkyl halides is 1. The van der Waals surface area contributed by atoms with E-state index in [1.165, 1.54) is 41.3 Å². The van der Waals surface area contributed by atoms with E-state index >= 15 is 4.39 Å². The van der Waals surface area contributed by atoms with Crippen LogP contribution in [0, 0.1) is 10.1 Å². The molecule has 0 N–H and O–H groups in total. The summed E-state index contributed by atoms with van der Waals surface area (Å²) in [5.74, 6) is -12.4. The van der Waals surface area contributed by atoms with Gasteiger partial charge in [-0.15, -0.1) is 0 Å². The number of benzene rings is 2. The third kappa shape index (κ3) is 7.10. The first-order valence-corrected chi connectivity index (χ1v) is 12.1. The summed E-state index contributed by atoms with van der Waals surface area (Å²) in [5.41, 5.74) is -2.16. The number of aliphatic carboxylic acids is 1. The Morgan fingerprint density at radius 1 is 0.976 bits per heavy atom. The van der Waals surface area contributed by atoms with Gasteiger partial charge in [-0.25, -0.2) is 22.0 Å². The van der Waals surface area contributed by atoms with Gasteiger partial charge in [0.05, 0.1) is 22.7 Å². The van der Waals surface area contributed by atoms with E-state index in [-0.39, 0.29) is 18.8 Å². The number of nitro benzene ring substituents is 1. The summed E-state index contributed by atoms with van der Waals surface area (Å²) in [6, 6.07) is 11.5. The molecule has 0 radical (unpaired) electrons. The van der Waals surface area contributed by atoms with E-state index in [0.717, 1.165) is 0 Å². The van der Waals surface area contributed by atoms with Gasteiger partial charge in [-0.1, -0.05) is 0 Å². The van der Waals surface area contributed by atoms with Crippen LogP contribution in [0.15, 0.2) is 82.1 Å². The number of rotatable bonds is 12. The predicted molar refractivity (Wildman–Crippen MR) is 133 cm³/mol. The van der Waals surface area contributed by atoms with Crippen LogP contribution < -0.4 is 10.0 Å². The van der Waals surface area contributed by atoms with Crippen molar-refractivity contribution < 1.29 is 46.3 Å². The van der Waals surface area contributed by atoms with E-state index in [1.807, 2.05) is 0 Å². The summed E-state index contributed by atoms with van der Waals surface area (Å²) >= 11 is 0. The molecule has 1 aliphatic rings. The largest absolute Gasteiger partial charge is 0.550 e. The van der Waals surface area contributed by atoms with E-state index in [1.54, 1.807) is 19.1 Å². The Bertz CT molecular complexity index is 1400. The lowest BCUT2D eigenvalue weighted by Crippen LogP contribution is -2.50. The van der Waals surface area contributed by atoms with Gasteiger partial charge in [-0.05, 0) is 49.7 Å². The van der Waals surface area contributed by atoms with Crippen LogP contribution >= 0.6 is 0 Å². The molecule has 0 spiro atoms. The Kier molecular flexibility index (Phi) is 9.86. The number of nitrogens with zero attached hydrogens (tertiary/aromatic N) is 4. The number of carbonyl (C=O) groups excluding carboxylic acids is 2. The van der Waals surface area contributed by atoms with Gasteiger partial charge in [-0.2, -0.15) is 10.2 Å². The molecule has 0 saturated carbocycles. The van der Waals surface area contributed by atoms with Crippen molar-refractivity contribution in [3.05, 3.63) is 82.0 Å². The smallest absolute Gasteiger partial charge is 0.307 e. The first kappa shape index (κ1) is 30.8. The average molecular weight is 581 g/mol. The van der Waals surface area contributed by atoms with Gasteiger partial charge in [-0.3, -0.25) is 14.9 Å². The second-order valence-corrected chi connectivity index (χ2v) is 8.71. The lowest BCUT2D eigenvalue weighted by molar-refractivity contribution is -0.384. The lowest BCUT2D eigenvalue weighted by Gasteiger charge is -2.38. The summed E-state index contributed by atoms with van der Waals surface area (Å²) in [5, 5.41) is 29.4. The number of carboxylic acids is 1. The van der Waals surface area contributed by atoms with Crippen LogP contribution in [0.25, 0.3) is 0 Å². The van der Waals surface area contributed by atoms with Gasteiger partial charge < -0.3 is 19.5 Å². The van der Waals surface area contributed by atoms with Crippen LogP contribution in [0.2, 0.25) is 0 Å². The molecule has 2 aromatic carbocycles.